The van der Waals surface area contributed by atoms with Crippen LogP contribution in [0.3, 0.4) is 0 Å². The molecule has 0 radical (unpaired) electrons. The zero-order valence-electron chi connectivity index (χ0n) is 10.5. The van der Waals surface area contributed by atoms with Gasteiger partial charge in [-0.05, 0) is 31.5 Å². The molecule has 98 valence electrons. The molecule has 2 rings (SSSR count). The Balaban J connectivity index is 2.04. The van der Waals surface area contributed by atoms with Gasteiger partial charge in [0.1, 0.15) is 6.04 Å². The molecule has 0 aromatic heterocycles. The Morgan fingerprint density at radius 1 is 1.56 bits per heavy atom. The monoisotopic (exact) mass is 268 g/mol. The minimum atomic E-state index is -0.321. The molecular weight excluding hydrogens is 252 g/mol. The van der Waals surface area contributed by atoms with Gasteiger partial charge < -0.3 is 15.4 Å². The van der Waals surface area contributed by atoms with Crippen LogP contribution < -0.4 is 10.6 Å². The van der Waals surface area contributed by atoms with Gasteiger partial charge in [0, 0.05) is 17.3 Å². The maximum absolute atomic E-state index is 12.1. The molecule has 5 heteroatoms. The van der Waals surface area contributed by atoms with Crippen LogP contribution in [0.15, 0.2) is 18.2 Å². The highest BCUT2D eigenvalue weighted by molar-refractivity contribution is 6.31. The molecule has 4 nitrogen and oxygen atoms in total. The normalized spacial score (nSPS) is 23.7. The third-order valence-electron chi connectivity index (χ3n) is 3.04. The Hall–Kier alpha value is -1.10. The van der Waals surface area contributed by atoms with E-state index in [1.165, 1.54) is 0 Å². The number of halogens is 1. The predicted octanol–water partition coefficient (Wildman–Crippen LogP) is 1.96. The van der Waals surface area contributed by atoms with E-state index in [-0.39, 0.29) is 18.1 Å². The third-order valence-corrected chi connectivity index (χ3v) is 3.45. The molecule has 18 heavy (non-hydrogen) atoms. The van der Waals surface area contributed by atoms with Crippen LogP contribution in [0.25, 0.3) is 0 Å². The minimum absolute atomic E-state index is 0.0953. The molecule has 0 aliphatic carbocycles. The van der Waals surface area contributed by atoms with E-state index in [2.05, 4.69) is 10.6 Å². The molecule has 1 amide bonds. The lowest BCUT2D eigenvalue weighted by Gasteiger charge is -2.29. The zero-order chi connectivity index (χ0) is 13.1. The van der Waals surface area contributed by atoms with Crippen molar-refractivity contribution in [1.29, 1.82) is 0 Å². The molecule has 2 N–H and O–H groups in total. The number of anilines is 1. The molecule has 1 aromatic carbocycles. The average molecular weight is 269 g/mol. The summed E-state index contributed by atoms with van der Waals surface area (Å²) < 4.78 is 5.44. The lowest BCUT2D eigenvalue weighted by Crippen LogP contribution is -2.53. The highest BCUT2D eigenvalue weighted by atomic mass is 35.5. The van der Waals surface area contributed by atoms with Crippen molar-refractivity contribution in [2.75, 3.05) is 18.5 Å². The summed E-state index contributed by atoms with van der Waals surface area (Å²) in [6.07, 6.45) is -0.125. The largest absolute Gasteiger partial charge is 0.375 e. The van der Waals surface area contributed by atoms with Gasteiger partial charge in [-0.3, -0.25) is 4.79 Å². The Morgan fingerprint density at radius 3 is 3.00 bits per heavy atom. The molecule has 1 aliphatic rings. The number of aryl methyl sites for hydroxylation is 1. The third kappa shape index (κ3) is 3.02. The van der Waals surface area contributed by atoms with Crippen LogP contribution in [0, 0.1) is 6.92 Å². The van der Waals surface area contributed by atoms with E-state index in [1.807, 2.05) is 26.0 Å². The van der Waals surface area contributed by atoms with Gasteiger partial charge in [0.25, 0.3) is 0 Å². The number of carbonyl (C=O) groups is 1. The summed E-state index contributed by atoms with van der Waals surface area (Å²) in [7, 11) is 0. The fourth-order valence-corrected chi connectivity index (χ4v) is 2.10. The number of hydrogen-bond donors (Lipinski definition) is 2. The standard InChI is InChI=1S/C13H17ClN2O2/c1-8-3-4-10(7-11(8)14)16-13(17)12-9(2)18-6-5-15-12/h3-4,7,9,12,15H,5-6H2,1-2H3,(H,16,17)/t9-,12+/m1/s1. The van der Waals surface area contributed by atoms with Crippen molar-refractivity contribution in [3.8, 4) is 0 Å². The van der Waals surface area contributed by atoms with E-state index < -0.39 is 0 Å². The van der Waals surface area contributed by atoms with Crippen molar-refractivity contribution in [3.05, 3.63) is 28.8 Å². The van der Waals surface area contributed by atoms with E-state index in [1.54, 1.807) is 6.07 Å². The van der Waals surface area contributed by atoms with Crippen molar-refractivity contribution < 1.29 is 9.53 Å². The molecule has 1 fully saturated rings. The first-order valence-electron chi connectivity index (χ1n) is 6.00. The molecule has 0 spiro atoms. The van der Waals surface area contributed by atoms with Gasteiger partial charge in [-0.25, -0.2) is 0 Å². The molecule has 1 aliphatic heterocycles. The first-order chi connectivity index (χ1) is 8.58. The van der Waals surface area contributed by atoms with Gasteiger partial charge >= 0.3 is 0 Å². The Labute approximate surface area is 112 Å². The quantitative estimate of drug-likeness (QED) is 0.862. The minimum Gasteiger partial charge on any atom is -0.375 e. The summed E-state index contributed by atoms with van der Waals surface area (Å²) in [4.78, 5) is 12.1. The number of nitrogens with one attached hydrogen (secondary N) is 2. The summed E-state index contributed by atoms with van der Waals surface area (Å²) in [5, 5.41) is 6.64. The number of morpholine rings is 1. The van der Waals surface area contributed by atoms with E-state index in [0.717, 1.165) is 5.56 Å². The lowest BCUT2D eigenvalue weighted by atomic mass is 10.1. The summed E-state index contributed by atoms with van der Waals surface area (Å²) in [6, 6.07) is 5.15. The number of amides is 1. The topological polar surface area (TPSA) is 50.4 Å². The molecule has 1 saturated heterocycles. The first kappa shape index (κ1) is 13.3. The maximum Gasteiger partial charge on any atom is 0.244 e. The fraction of sp³-hybridized carbons (Fsp3) is 0.462. The van der Waals surface area contributed by atoms with E-state index >= 15 is 0 Å². The number of ether oxygens (including phenoxy) is 1. The molecule has 0 bridgehead atoms. The van der Waals surface area contributed by atoms with Crippen LogP contribution in [-0.4, -0.2) is 31.2 Å². The van der Waals surface area contributed by atoms with Crippen molar-refractivity contribution >= 4 is 23.2 Å². The predicted molar refractivity (Wildman–Crippen MR) is 72.0 cm³/mol. The van der Waals surface area contributed by atoms with E-state index in [0.29, 0.717) is 23.9 Å². The Kier molecular flexibility index (Phi) is 4.22. The maximum atomic E-state index is 12.1. The van der Waals surface area contributed by atoms with Gasteiger partial charge in [-0.15, -0.1) is 0 Å². The van der Waals surface area contributed by atoms with E-state index in [9.17, 15) is 4.79 Å². The second-order valence-corrected chi connectivity index (χ2v) is 4.87. The lowest BCUT2D eigenvalue weighted by molar-refractivity contribution is -0.123. The van der Waals surface area contributed by atoms with Crippen LogP contribution in [0.4, 0.5) is 5.69 Å². The Morgan fingerprint density at radius 2 is 2.33 bits per heavy atom. The van der Waals surface area contributed by atoms with Crippen LogP contribution in [0.2, 0.25) is 5.02 Å². The second kappa shape index (κ2) is 5.69. The summed E-state index contributed by atoms with van der Waals surface area (Å²) in [6.45, 7) is 5.14. The molecule has 2 atom stereocenters. The fourth-order valence-electron chi connectivity index (χ4n) is 1.92. The van der Waals surface area contributed by atoms with Gasteiger partial charge in [-0.1, -0.05) is 17.7 Å². The SMILES string of the molecule is Cc1ccc(NC(=O)[C@H]2NCCO[C@@H]2C)cc1Cl. The summed E-state index contributed by atoms with van der Waals surface area (Å²) >= 11 is 6.02. The van der Waals surface area contributed by atoms with Gasteiger partial charge in [0.2, 0.25) is 5.91 Å². The summed E-state index contributed by atoms with van der Waals surface area (Å²) in [5.41, 5.74) is 1.69. The van der Waals surface area contributed by atoms with Crippen molar-refractivity contribution in [2.24, 2.45) is 0 Å². The van der Waals surface area contributed by atoms with Gasteiger partial charge in [0.05, 0.1) is 12.7 Å². The Bertz CT molecular complexity index is 451. The molecule has 0 unspecified atom stereocenters. The number of hydrogen-bond acceptors (Lipinski definition) is 3. The number of rotatable bonds is 2. The highest BCUT2D eigenvalue weighted by Gasteiger charge is 2.28. The van der Waals surface area contributed by atoms with Gasteiger partial charge in [-0.2, -0.15) is 0 Å². The number of carbonyl (C=O) groups excluding carboxylic acids is 1. The highest BCUT2D eigenvalue weighted by Crippen LogP contribution is 2.20. The first-order valence-corrected chi connectivity index (χ1v) is 6.38. The molecule has 0 saturated carbocycles. The van der Waals surface area contributed by atoms with Crippen molar-refractivity contribution in [1.82, 2.24) is 5.32 Å². The van der Waals surface area contributed by atoms with Crippen LogP contribution in [-0.2, 0) is 9.53 Å². The second-order valence-electron chi connectivity index (χ2n) is 4.46. The van der Waals surface area contributed by atoms with Crippen molar-refractivity contribution in [3.63, 3.8) is 0 Å². The molecule has 1 aromatic rings. The molecular formula is C13H17ClN2O2. The van der Waals surface area contributed by atoms with Crippen molar-refractivity contribution in [2.45, 2.75) is 26.0 Å². The molecule has 1 heterocycles. The van der Waals surface area contributed by atoms with Gasteiger partial charge in [0.15, 0.2) is 0 Å². The van der Waals surface area contributed by atoms with E-state index in [4.69, 9.17) is 16.3 Å². The van der Waals surface area contributed by atoms with Crippen LogP contribution in [0.1, 0.15) is 12.5 Å². The van der Waals surface area contributed by atoms with Crippen LogP contribution in [0.5, 0.6) is 0 Å². The number of benzene rings is 1. The zero-order valence-corrected chi connectivity index (χ0v) is 11.3. The van der Waals surface area contributed by atoms with Crippen LogP contribution >= 0.6 is 11.6 Å². The average Bonchev–Trinajstić information content (AvgIpc) is 2.34. The smallest absolute Gasteiger partial charge is 0.244 e. The summed E-state index contributed by atoms with van der Waals surface area (Å²) in [5.74, 6) is -0.0953.